The quantitative estimate of drug-likeness (QED) is 0.329. The van der Waals surface area contributed by atoms with Gasteiger partial charge in [0.25, 0.3) is 0 Å². The molecule has 0 spiro atoms. The molecule has 1 N–H and O–H groups in total. The number of imide groups is 1. The maximum Gasteiger partial charge on any atom is 0.329 e. The summed E-state index contributed by atoms with van der Waals surface area (Å²) in [6.45, 7) is 1.06. The minimum absolute atomic E-state index is 0.0852. The van der Waals surface area contributed by atoms with Gasteiger partial charge in [0.1, 0.15) is 13.2 Å². The van der Waals surface area contributed by atoms with Crippen molar-refractivity contribution in [3.63, 3.8) is 0 Å². The van der Waals surface area contributed by atoms with Gasteiger partial charge >= 0.3 is 6.03 Å². The van der Waals surface area contributed by atoms with E-state index < -0.39 is 6.03 Å². The monoisotopic (exact) mass is 539 g/mol. The standard InChI is InChI=1S/C31H26ClN3O4/c32-24-7-3-6-22(18-9-11-27-28(15-18)39-13-12-38-27)29(24)19-8-10-23-25(14-19)34-31(37)35(30(23)36)26-17-33-16-20-4-1-2-5-21(20)26/h1-7,9,11,15-17,19,23,25H,8,10,12-14H2,(H,34,37). The SMILES string of the molecule is O=C1NC2CC(c3c(Cl)cccc3-c3ccc4c(c3)OCCO4)CCC2C(=O)N1c1cncc2ccccc12. The minimum atomic E-state index is -0.411. The maximum atomic E-state index is 13.7. The zero-order valence-corrected chi connectivity index (χ0v) is 21.9. The Morgan fingerprint density at radius 2 is 1.77 bits per heavy atom. The molecule has 0 bridgehead atoms. The number of fused-ring (bicyclic) bond motifs is 3. The predicted molar refractivity (Wildman–Crippen MR) is 150 cm³/mol. The topological polar surface area (TPSA) is 80.8 Å². The summed E-state index contributed by atoms with van der Waals surface area (Å²) >= 11 is 6.82. The fourth-order valence-corrected chi connectivity index (χ4v) is 6.63. The van der Waals surface area contributed by atoms with Crippen LogP contribution in [0, 0.1) is 5.92 Å². The van der Waals surface area contributed by atoms with Crippen LogP contribution < -0.4 is 19.7 Å². The van der Waals surface area contributed by atoms with Gasteiger partial charge < -0.3 is 14.8 Å². The molecule has 2 fully saturated rings. The summed E-state index contributed by atoms with van der Waals surface area (Å²) in [5.41, 5.74) is 3.58. The van der Waals surface area contributed by atoms with E-state index in [0.717, 1.165) is 45.4 Å². The highest BCUT2D eigenvalue weighted by atomic mass is 35.5. The molecular formula is C31H26ClN3O4. The lowest BCUT2D eigenvalue weighted by molar-refractivity contribution is -0.124. The smallest absolute Gasteiger partial charge is 0.329 e. The molecule has 3 atom stereocenters. The van der Waals surface area contributed by atoms with Gasteiger partial charge in [-0.2, -0.15) is 0 Å². The number of nitrogens with one attached hydrogen (secondary N) is 1. The molecule has 3 heterocycles. The first-order valence-corrected chi connectivity index (χ1v) is 13.6. The van der Waals surface area contributed by atoms with Crippen LogP contribution >= 0.6 is 11.6 Å². The Morgan fingerprint density at radius 3 is 2.67 bits per heavy atom. The number of aromatic nitrogens is 1. The number of carbonyl (C=O) groups is 2. The largest absolute Gasteiger partial charge is 0.486 e. The first-order chi connectivity index (χ1) is 19.1. The highest BCUT2D eigenvalue weighted by molar-refractivity contribution is 6.32. The van der Waals surface area contributed by atoms with Crippen molar-refractivity contribution < 1.29 is 19.1 Å². The van der Waals surface area contributed by atoms with Gasteiger partial charge in [-0.3, -0.25) is 9.78 Å². The van der Waals surface area contributed by atoms with Gasteiger partial charge in [0.2, 0.25) is 5.91 Å². The number of urea groups is 1. The molecule has 3 unspecified atom stereocenters. The second-order valence-electron chi connectivity index (χ2n) is 10.3. The molecule has 3 aliphatic rings. The van der Waals surface area contributed by atoms with E-state index in [1.807, 2.05) is 54.6 Å². The lowest BCUT2D eigenvalue weighted by atomic mass is 9.72. The van der Waals surface area contributed by atoms with Crippen molar-refractivity contribution in [3.8, 4) is 22.6 Å². The summed E-state index contributed by atoms with van der Waals surface area (Å²) in [5.74, 6) is 1.07. The first-order valence-electron chi connectivity index (χ1n) is 13.2. The third-order valence-corrected chi connectivity index (χ3v) is 8.43. The van der Waals surface area contributed by atoms with E-state index in [1.165, 1.54) is 4.90 Å². The van der Waals surface area contributed by atoms with Crippen molar-refractivity contribution in [2.45, 2.75) is 31.2 Å². The Bertz CT molecular complexity index is 1620. The minimum Gasteiger partial charge on any atom is -0.486 e. The average Bonchev–Trinajstić information content (AvgIpc) is 2.96. The highest BCUT2D eigenvalue weighted by Crippen LogP contribution is 2.46. The Kier molecular flexibility index (Phi) is 5.89. The molecule has 2 aliphatic heterocycles. The summed E-state index contributed by atoms with van der Waals surface area (Å²) in [6, 6.07) is 18.8. The maximum absolute atomic E-state index is 13.7. The van der Waals surface area contributed by atoms with E-state index in [2.05, 4.69) is 16.4 Å². The van der Waals surface area contributed by atoms with Gasteiger partial charge in [-0.1, -0.05) is 54.1 Å². The van der Waals surface area contributed by atoms with Gasteiger partial charge in [-0.05, 0) is 60.1 Å². The molecular weight excluding hydrogens is 514 g/mol. The van der Waals surface area contributed by atoms with Crippen molar-refractivity contribution >= 4 is 40.0 Å². The normalized spacial score (nSPS) is 22.4. The van der Waals surface area contributed by atoms with Crippen LogP contribution in [0.4, 0.5) is 10.5 Å². The molecule has 3 amide bonds. The number of benzene rings is 3. The number of halogens is 1. The molecule has 39 heavy (non-hydrogen) atoms. The van der Waals surface area contributed by atoms with Crippen LogP contribution in [-0.4, -0.2) is 36.2 Å². The summed E-state index contributed by atoms with van der Waals surface area (Å²) < 4.78 is 11.5. The van der Waals surface area contributed by atoms with E-state index in [4.69, 9.17) is 21.1 Å². The number of nitrogens with zero attached hydrogens (tertiary/aromatic N) is 2. The second kappa shape index (κ2) is 9.58. The molecule has 7 rings (SSSR count). The van der Waals surface area contributed by atoms with Crippen molar-refractivity contribution in [2.75, 3.05) is 18.1 Å². The average molecular weight is 540 g/mol. The van der Waals surface area contributed by atoms with Gasteiger partial charge in [-0.25, -0.2) is 9.69 Å². The van der Waals surface area contributed by atoms with Crippen molar-refractivity contribution in [1.82, 2.24) is 10.3 Å². The molecule has 8 heteroatoms. The van der Waals surface area contributed by atoms with E-state index >= 15 is 0 Å². The molecule has 196 valence electrons. The number of ether oxygens (including phenoxy) is 2. The Balaban J connectivity index is 1.18. The Labute approximate surface area is 230 Å². The van der Waals surface area contributed by atoms with E-state index in [0.29, 0.717) is 36.8 Å². The fourth-order valence-electron chi connectivity index (χ4n) is 6.30. The number of amides is 3. The number of hydrogen-bond donors (Lipinski definition) is 1. The number of hydrogen-bond acceptors (Lipinski definition) is 5. The Morgan fingerprint density at radius 1 is 0.923 bits per heavy atom. The van der Waals surface area contributed by atoms with E-state index in [9.17, 15) is 9.59 Å². The molecule has 1 aliphatic carbocycles. The number of rotatable bonds is 3. The third-order valence-electron chi connectivity index (χ3n) is 8.10. The molecule has 1 aromatic heterocycles. The van der Waals surface area contributed by atoms with Crippen molar-refractivity contribution in [3.05, 3.63) is 83.6 Å². The Hall–Kier alpha value is -4.10. The first kappa shape index (κ1) is 24.0. The molecule has 1 saturated heterocycles. The molecule has 0 radical (unpaired) electrons. The zero-order valence-electron chi connectivity index (χ0n) is 21.1. The van der Waals surface area contributed by atoms with Gasteiger partial charge in [0.15, 0.2) is 11.5 Å². The second-order valence-corrected chi connectivity index (χ2v) is 10.7. The van der Waals surface area contributed by atoms with Crippen LogP contribution in [0.15, 0.2) is 73.1 Å². The summed E-state index contributed by atoms with van der Waals surface area (Å²) in [6.07, 6.45) is 5.39. The van der Waals surface area contributed by atoms with Crippen LogP contribution in [0.5, 0.6) is 11.5 Å². The van der Waals surface area contributed by atoms with Gasteiger partial charge in [-0.15, -0.1) is 0 Å². The highest BCUT2D eigenvalue weighted by Gasteiger charge is 2.46. The molecule has 1 saturated carbocycles. The zero-order chi connectivity index (χ0) is 26.5. The molecule has 4 aromatic rings. The van der Waals surface area contributed by atoms with Crippen LogP contribution in [0.1, 0.15) is 30.7 Å². The summed E-state index contributed by atoms with van der Waals surface area (Å²) in [5, 5.41) is 5.53. The van der Waals surface area contributed by atoms with Gasteiger partial charge in [0, 0.05) is 28.0 Å². The van der Waals surface area contributed by atoms with Gasteiger partial charge in [0.05, 0.1) is 17.8 Å². The number of carbonyl (C=O) groups excluding carboxylic acids is 2. The number of pyridine rings is 1. The summed E-state index contributed by atoms with van der Waals surface area (Å²) in [4.78, 5) is 32.6. The van der Waals surface area contributed by atoms with Crippen LogP contribution in [0.2, 0.25) is 5.02 Å². The van der Waals surface area contributed by atoms with E-state index in [1.54, 1.807) is 12.4 Å². The molecule has 3 aromatic carbocycles. The third kappa shape index (κ3) is 4.08. The fraction of sp³-hybridized carbons (Fsp3) is 0.258. The lowest BCUT2D eigenvalue weighted by Crippen LogP contribution is -2.61. The van der Waals surface area contributed by atoms with Crippen molar-refractivity contribution in [2.24, 2.45) is 5.92 Å². The lowest BCUT2D eigenvalue weighted by Gasteiger charge is -2.43. The molecule has 7 nitrogen and oxygen atoms in total. The summed E-state index contributed by atoms with van der Waals surface area (Å²) in [7, 11) is 0. The van der Waals surface area contributed by atoms with Crippen LogP contribution in [0.3, 0.4) is 0 Å². The van der Waals surface area contributed by atoms with E-state index in [-0.39, 0.29) is 23.8 Å². The predicted octanol–water partition coefficient (Wildman–Crippen LogP) is 6.34. The number of anilines is 1. The van der Waals surface area contributed by atoms with Crippen molar-refractivity contribution in [1.29, 1.82) is 0 Å². The van der Waals surface area contributed by atoms with Crippen LogP contribution in [0.25, 0.3) is 21.9 Å². The van der Waals surface area contributed by atoms with Crippen LogP contribution in [-0.2, 0) is 4.79 Å².